The van der Waals surface area contributed by atoms with Crippen LogP contribution >= 0.6 is 0 Å². The zero-order valence-corrected chi connectivity index (χ0v) is 34.1. The van der Waals surface area contributed by atoms with Crippen molar-refractivity contribution in [1.82, 2.24) is 9.55 Å². The Kier molecular flexibility index (Phi) is 7.87. The van der Waals surface area contributed by atoms with E-state index in [1.165, 1.54) is 54.6 Å². The van der Waals surface area contributed by atoms with Crippen LogP contribution in [0.1, 0.15) is 0 Å². The maximum atomic E-state index is 6.33. The summed E-state index contributed by atoms with van der Waals surface area (Å²) >= 11 is 0. The normalized spacial score (nSPS) is 11.8. The van der Waals surface area contributed by atoms with Crippen molar-refractivity contribution >= 4 is 82.4 Å². The number of hydrogen-bond acceptors (Lipinski definition) is 3. The molecule has 0 radical (unpaired) electrons. The van der Waals surface area contributed by atoms with Gasteiger partial charge >= 0.3 is 0 Å². The van der Waals surface area contributed by atoms with E-state index in [0.29, 0.717) is 0 Å². The first-order chi connectivity index (χ1) is 31.2. The Balaban J connectivity index is 0.885. The molecule has 2 aromatic heterocycles. The van der Waals surface area contributed by atoms with Gasteiger partial charge in [0.05, 0.1) is 11.0 Å². The lowest BCUT2D eigenvalue weighted by molar-refractivity contribution is 0.669. The quantitative estimate of drug-likeness (QED) is 0.151. The predicted octanol–water partition coefficient (Wildman–Crippen LogP) is 16.3. The SMILES string of the molecule is c1ccc(N(c2ccc(-c3ccc4ccc5c(-c6ccc(-c7nc8ccccc8n7-c7ccccc7)cc6)ccc6ccc3c4c65)cc2)c2ccc3c(c2)oc2ccccc23)cc1. The molecule has 0 fully saturated rings. The Morgan fingerprint density at radius 2 is 0.905 bits per heavy atom. The predicted molar refractivity (Wildman–Crippen MR) is 263 cm³/mol. The number of imidazole rings is 1. The molecule has 0 atom stereocenters. The maximum absolute atomic E-state index is 6.33. The molecule has 0 unspecified atom stereocenters. The average Bonchev–Trinajstić information content (AvgIpc) is 3.93. The highest BCUT2D eigenvalue weighted by Gasteiger charge is 2.19. The van der Waals surface area contributed by atoms with Crippen LogP contribution in [0.3, 0.4) is 0 Å². The fraction of sp³-hybridized carbons (Fsp3) is 0. The van der Waals surface area contributed by atoms with E-state index in [4.69, 9.17) is 9.40 Å². The van der Waals surface area contributed by atoms with Gasteiger partial charge in [0.15, 0.2) is 0 Å². The van der Waals surface area contributed by atoms with Gasteiger partial charge in [-0.25, -0.2) is 4.98 Å². The van der Waals surface area contributed by atoms with E-state index in [-0.39, 0.29) is 0 Å². The van der Waals surface area contributed by atoms with Crippen LogP contribution in [0.4, 0.5) is 17.1 Å². The van der Waals surface area contributed by atoms with Gasteiger partial charge in [-0.15, -0.1) is 0 Å². The molecule has 0 bridgehead atoms. The summed E-state index contributed by atoms with van der Waals surface area (Å²) in [4.78, 5) is 7.41. The van der Waals surface area contributed by atoms with Crippen LogP contribution in [0, 0.1) is 0 Å². The van der Waals surface area contributed by atoms with Crippen molar-refractivity contribution in [3.05, 3.63) is 224 Å². The number of nitrogens with zero attached hydrogens (tertiary/aromatic N) is 3. The highest BCUT2D eigenvalue weighted by molar-refractivity contribution is 6.27. The molecule has 13 rings (SSSR count). The molecule has 0 spiro atoms. The van der Waals surface area contributed by atoms with Gasteiger partial charge in [0, 0.05) is 45.2 Å². The van der Waals surface area contributed by atoms with Crippen molar-refractivity contribution in [2.24, 2.45) is 0 Å². The number of aromatic nitrogens is 2. The zero-order valence-electron chi connectivity index (χ0n) is 34.1. The minimum atomic E-state index is 0.876. The molecule has 0 saturated carbocycles. The lowest BCUT2D eigenvalue weighted by atomic mass is 9.87. The summed E-state index contributed by atoms with van der Waals surface area (Å²) < 4.78 is 8.59. The maximum Gasteiger partial charge on any atom is 0.145 e. The minimum Gasteiger partial charge on any atom is -0.456 e. The van der Waals surface area contributed by atoms with Gasteiger partial charge in [0.25, 0.3) is 0 Å². The molecular formula is C59H37N3O. The minimum absolute atomic E-state index is 0.876. The van der Waals surface area contributed by atoms with Gasteiger partial charge < -0.3 is 9.32 Å². The molecule has 4 heteroatoms. The van der Waals surface area contributed by atoms with Gasteiger partial charge in [0.1, 0.15) is 17.0 Å². The smallest absolute Gasteiger partial charge is 0.145 e. The second-order valence-electron chi connectivity index (χ2n) is 16.3. The van der Waals surface area contributed by atoms with Gasteiger partial charge in [-0.1, -0.05) is 152 Å². The van der Waals surface area contributed by atoms with E-state index < -0.39 is 0 Å². The standard InChI is InChI=1S/C59H37N3O/c1-3-11-43(12-4-1)61(46-31-36-50-49-15-7-10-18-55(49)63-56(50)37-46)45-29-23-39(24-30-45)48-33-26-41-27-34-51-47(32-25-40-28-35-52(48)58(41)57(40)51)38-19-21-42(22-20-38)59-60-53-16-8-9-17-54(53)62(59)44-13-5-2-6-14-44/h1-37H. The molecular weight excluding hydrogens is 767 g/mol. The lowest BCUT2D eigenvalue weighted by Gasteiger charge is -2.25. The Bertz CT molecular complexity index is 3830. The van der Waals surface area contributed by atoms with Crippen molar-refractivity contribution < 1.29 is 4.42 Å². The number of furan rings is 1. The van der Waals surface area contributed by atoms with Crippen molar-refractivity contribution in [1.29, 1.82) is 0 Å². The van der Waals surface area contributed by atoms with E-state index in [1.54, 1.807) is 0 Å². The molecule has 4 nitrogen and oxygen atoms in total. The Morgan fingerprint density at radius 1 is 0.381 bits per heavy atom. The van der Waals surface area contributed by atoms with Gasteiger partial charge in [-0.3, -0.25) is 4.57 Å². The van der Waals surface area contributed by atoms with E-state index >= 15 is 0 Å². The van der Waals surface area contributed by atoms with E-state index in [0.717, 1.165) is 67.1 Å². The highest BCUT2D eigenvalue weighted by Crippen LogP contribution is 2.44. The molecule has 0 saturated heterocycles. The largest absolute Gasteiger partial charge is 0.456 e. The summed E-state index contributed by atoms with van der Waals surface area (Å²) in [5.41, 5.74) is 14.0. The van der Waals surface area contributed by atoms with E-state index in [2.05, 4.69) is 222 Å². The summed E-state index contributed by atoms with van der Waals surface area (Å²) in [5, 5.41) is 9.83. The third-order valence-corrected chi connectivity index (χ3v) is 12.8. The molecule has 13 aromatic rings. The topological polar surface area (TPSA) is 34.2 Å². The molecule has 11 aromatic carbocycles. The molecule has 2 heterocycles. The number of fused-ring (bicyclic) bond motifs is 4. The van der Waals surface area contributed by atoms with E-state index in [1.807, 2.05) is 12.1 Å². The number of para-hydroxylation sites is 5. The monoisotopic (exact) mass is 803 g/mol. The summed E-state index contributed by atoms with van der Waals surface area (Å²) in [7, 11) is 0. The summed E-state index contributed by atoms with van der Waals surface area (Å²) in [6.07, 6.45) is 0. The lowest BCUT2D eigenvalue weighted by Crippen LogP contribution is -2.09. The zero-order chi connectivity index (χ0) is 41.4. The molecule has 0 aliphatic rings. The first-order valence-electron chi connectivity index (χ1n) is 21.4. The van der Waals surface area contributed by atoms with Crippen LogP contribution in [-0.2, 0) is 0 Å². The summed E-state index contributed by atoms with van der Waals surface area (Å²) in [6.45, 7) is 0. The Morgan fingerprint density at radius 3 is 1.62 bits per heavy atom. The first-order valence-corrected chi connectivity index (χ1v) is 21.4. The third-order valence-electron chi connectivity index (χ3n) is 12.8. The van der Waals surface area contributed by atoms with Crippen LogP contribution in [-0.4, -0.2) is 9.55 Å². The van der Waals surface area contributed by atoms with Crippen molar-refractivity contribution in [2.45, 2.75) is 0 Å². The second kappa shape index (κ2) is 14.1. The van der Waals surface area contributed by atoms with Crippen LogP contribution in [0.25, 0.3) is 105 Å². The van der Waals surface area contributed by atoms with Crippen molar-refractivity contribution in [3.63, 3.8) is 0 Å². The van der Waals surface area contributed by atoms with Crippen LogP contribution in [0.15, 0.2) is 229 Å². The highest BCUT2D eigenvalue weighted by atomic mass is 16.3. The molecule has 0 aliphatic heterocycles. The van der Waals surface area contributed by atoms with Gasteiger partial charge in [-0.05, 0) is 121 Å². The molecule has 0 N–H and O–H groups in total. The average molecular weight is 804 g/mol. The second-order valence-corrected chi connectivity index (χ2v) is 16.3. The molecule has 294 valence electrons. The summed E-state index contributed by atoms with van der Waals surface area (Å²) in [6, 6.07) is 80.4. The number of benzene rings is 11. The third kappa shape index (κ3) is 5.66. The van der Waals surface area contributed by atoms with Gasteiger partial charge in [0.2, 0.25) is 0 Å². The van der Waals surface area contributed by atoms with Crippen LogP contribution in [0.5, 0.6) is 0 Å². The fourth-order valence-corrected chi connectivity index (χ4v) is 9.83. The van der Waals surface area contributed by atoms with Crippen LogP contribution in [0.2, 0.25) is 0 Å². The fourth-order valence-electron chi connectivity index (χ4n) is 9.83. The number of hydrogen-bond donors (Lipinski definition) is 0. The van der Waals surface area contributed by atoms with Crippen LogP contribution < -0.4 is 4.90 Å². The van der Waals surface area contributed by atoms with E-state index in [9.17, 15) is 0 Å². The first kappa shape index (κ1) is 35.3. The molecule has 0 aliphatic carbocycles. The Hall–Kier alpha value is -8.47. The molecule has 0 amide bonds. The van der Waals surface area contributed by atoms with Crippen molar-refractivity contribution in [2.75, 3.05) is 4.90 Å². The number of rotatable bonds is 7. The number of anilines is 3. The van der Waals surface area contributed by atoms with Crippen molar-refractivity contribution in [3.8, 4) is 39.3 Å². The summed E-state index contributed by atoms with van der Waals surface area (Å²) in [5.74, 6) is 0.932. The van der Waals surface area contributed by atoms with Gasteiger partial charge in [-0.2, -0.15) is 0 Å². The Labute approximate surface area is 363 Å². The molecule has 63 heavy (non-hydrogen) atoms.